The lowest BCUT2D eigenvalue weighted by atomic mass is 9.81. The van der Waals surface area contributed by atoms with Crippen LogP contribution in [0.2, 0.25) is 0 Å². The Labute approximate surface area is 136 Å². The maximum atomic E-state index is 12.2. The molecule has 1 aliphatic rings. The average Bonchev–Trinajstić information content (AvgIpc) is 2.61. The van der Waals surface area contributed by atoms with Crippen LogP contribution >= 0.6 is 0 Å². The molecular formula is C19H21NO3. The molecule has 0 spiro atoms. The third-order valence-corrected chi connectivity index (χ3v) is 4.44. The van der Waals surface area contributed by atoms with Gasteiger partial charge in [-0.15, -0.1) is 0 Å². The second-order valence-electron chi connectivity index (χ2n) is 5.87. The molecule has 0 radical (unpaired) electrons. The molecular weight excluding hydrogens is 290 g/mol. The van der Waals surface area contributed by atoms with Crippen molar-refractivity contribution in [2.45, 2.75) is 12.5 Å². The van der Waals surface area contributed by atoms with Gasteiger partial charge in [-0.1, -0.05) is 48.5 Å². The van der Waals surface area contributed by atoms with E-state index in [9.17, 15) is 9.90 Å². The summed E-state index contributed by atoms with van der Waals surface area (Å²) in [4.78, 5) is 14.4. The van der Waals surface area contributed by atoms with Crippen LogP contribution in [0.25, 0.3) is 0 Å². The van der Waals surface area contributed by atoms with Crippen LogP contribution in [0, 0.1) is 5.92 Å². The van der Waals surface area contributed by atoms with Crippen molar-refractivity contribution in [2.75, 3.05) is 25.2 Å². The van der Waals surface area contributed by atoms with Crippen LogP contribution < -0.4 is 4.90 Å². The van der Waals surface area contributed by atoms with E-state index in [0.717, 1.165) is 17.8 Å². The molecule has 1 heterocycles. The monoisotopic (exact) mass is 311 g/mol. The van der Waals surface area contributed by atoms with E-state index in [-0.39, 0.29) is 18.5 Å². The second-order valence-corrected chi connectivity index (χ2v) is 5.87. The zero-order valence-electron chi connectivity index (χ0n) is 13.2. The SMILES string of the molecule is COC(=O)[C@H]1c2ccccc2N(Cc2ccccc2)C[C@@H]1CO. The summed E-state index contributed by atoms with van der Waals surface area (Å²) in [5.74, 6) is -0.856. The summed E-state index contributed by atoms with van der Waals surface area (Å²) in [7, 11) is 1.40. The predicted molar refractivity (Wildman–Crippen MR) is 89.3 cm³/mol. The molecule has 0 aliphatic carbocycles. The van der Waals surface area contributed by atoms with Crippen molar-refractivity contribution in [1.82, 2.24) is 0 Å². The molecule has 0 saturated heterocycles. The standard InChI is InChI=1S/C19H21NO3/c1-23-19(22)18-15(13-21)12-20(11-14-7-3-2-4-8-14)17-10-6-5-9-16(17)18/h2-10,15,18,21H,11-13H2,1H3/t15-,18-/m1/s1. The van der Waals surface area contributed by atoms with Crippen LogP contribution in [-0.2, 0) is 16.1 Å². The van der Waals surface area contributed by atoms with Crippen molar-refractivity contribution in [3.8, 4) is 0 Å². The first kappa shape index (κ1) is 15.6. The van der Waals surface area contributed by atoms with Gasteiger partial charge in [0.25, 0.3) is 0 Å². The highest BCUT2D eigenvalue weighted by Gasteiger charge is 2.38. The van der Waals surface area contributed by atoms with Crippen molar-refractivity contribution < 1.29 is 14.6 Å². The van der Waals surface area contributed by atoms with E-state index < -0.39 is 5.92 Å². The Bertz CT molecular complexity index is 671. The molecule has 0 aromatic heterocycles. The van der Waals surface area contributed by atoms with Gasteiger partial charge in [-0.05, 0) is 17.2 Å². The maximum Gasteiger partial charge on any atom is 0.313 e. The van der Waals surface area contributed by atoms with E-state index in [4.69, 9.17) is 4.74 Å². The lowest BCUT2D eigenvalue weighted by Crippen LogP contribution is -2.42. The minimum atomic E-state index is -0.409. The van der Waals surface area contributed by atoms with Gasteiger partial charge in [-0.25, -0.2) is 0 Å². The zero-order chi connectivity index (χ0) is 16.2. The highest BCUT2D eigenvalue weighted by atomic mass is 16.5. The summed E-state index contributed by atoms with van der Waals surface area (Å²) in [6.45, 7) is 1.34. The summed E-state index contributed by atoms with van der Waals surface area (Å²) < 4.78 is 4.96. The number of para-hydroxylation sites is 1. The third-order valence-electron chi connectivity index (χ3n) is 4.44. The van der Waals surface area contributed by atoms with E-state index in [1.807, 2.05) is 42.5 Å². The molecule has 2 atom stereocenters. The largest absolute Gasteiger partial charge is 0.469 e. The summed E-state index contributed by atoms with van der Waals surface area (Å²) in [6, 6.07) is 18.1. The third kappa shape index (κ3) is 3.08. The first-order valence-corrected chi connectivity index (χ1v) is 7.81. The van der Waals surface area contributed by atoms with Crippen LogP contribution in [0.15, 0.2) is 54.6 Å². The molecule has 1 N–H and O–H groups in total. The molecule has 0 amide bonds. The van der Waals surface area contributed by atoms with Crippen molar-refractivity contribution in [3.05, 3.63) is 65.7 Å². The highest BCUT2D eigenvalue weighted by molar-refractivity contribution is 5.82. The van der Waals surface area contributed by atoms with Gasteiger partial charge in [0, 0.05) is 31.3 Å². The summed E-state index contributed by atoms with van der Waals surface area (Å²) in [5.41, 5.74) is 3.17. The minimum absolute atomic E-state index is 0.0423. The van der Waals surface area contributed by atoms with Crippen LogP contribution in [0.1, 0.15) is 17.0 Å². The Hall–Kier alpha value is -2.33. The number of aliphatic hydroxyl groups is 1. The Kier molecular flexibility index (Phi) is 4.63. The molecule has 1 aliphatic heterocycles. The molecule has 23 heavy (non-hydrogen) atoms. The fourth-order valence-corrected chi connectivity index (χ4v) is 3.34. The number of rotatable bonds is 4. The van der Waals surface area contributed by atoms with Gasteiger partial charge in [-0.3, -0.25) is 4.79 Å². The second kappa shape index (κ2) is 6.84. The minimum Gasteiger partial charge on any atom is -0.469 e. The molecule has 0 unspecified atom stereocenters. The topological polar surface area (TPSA) is 49.8 Å². The van der Waals surface area contributed by atoms with E-state index in [2.05, 4.69) is 17.0 Å². The highest BCUT2D eigenvalue weighted by Crippen LogP contribution is 2.39. The van der Waals surface area contributed by atoms with Crippen LogP contribution in [0.5, 0.6) is 0 Å². The summed E-state index contributed by atoms with van der Waals surface area (Å²) >= 11 is 0. The first-order valence-electron chi connectivity index (χ1n) is 7.81. The van der Waals surface area contributed by atoms with Gasteiger partial charge < -0.3 is 14.7 Å². The lowest BCUT2D eigenvalue weighted by Gasteiger charge is -2.39. The molecule has 120 valence electrons. The van der Waals surface area contributed by atoms with Crippen molar-refractivity contribution in [1.29, 1.82) is 0 Å². The quantitative estimate of drug-likeness (QED) is 0.882. The number of hydrogen-bond acceptors (Lipinski definition) is 4. The van der Waals surface area contributed by atoms with Gasteiger partial charge in [0.1, 0.15) is 0 Å². The molecule has 2 aromatic rings. The molecule has 4 heteroatoms. The number of nitrogens with zero attached hydrogens (tertiary/aromatic N) is 1. The summed E-state index contributed by atoms with van der Waals surface area (Å²) in [6.07, 6.45) is 0. The van der Waals surface area contributed by atoms with Crippen LogP contribution in [0.4, 0.5) is 5.69 Å². The number of ether oxygens (including phenoxy) is 1. The number of aliphatic hydroxyl groups excluding tert-OH is 1. The average molecular weight is 311 g/mol. The number of hydrogen-bond donors (Lipinski definition) is 1. The Morgan fingerprint density at radius 3 is 2.57 bits per heavy atom. The Morgan fingerprint density at radius 2 is 1.87 bits per heavy atom. The van der Waals surface area contributed by atoms with Gasteiger partial charge in [0.2, 0.25) is 0 Å². The van der Waals surface area contributed by atoms with Crippen LogP contribution in [-0.4, -0.2) is 31.3 Å². The molecule has 0 fully saturated rings. The Balaban J connectivity index is 1.97. The number of carbonyl (C=O) groups is 1. The fourth-order valence-electron chi connectivity index (χ4n) is 3.34. The zero-order valence-corrected chi connectivity index (χ0v) is 13.2. The Morgan fingerprint density at radius 1 is 1.17 bits per heavy atom. The predicted octanol–water partition coefficient (Wildman–Crippen LogP) is 2.57. The molecule has 3 rings (SSSR count). The van der Waals surface area contributed by atoms with E-state index in [0.29, 0.717) is 6.54 Å². The van der Waals surface area contributed by atoms with Gasteiger partial charge in [0.05, 0.1) is 13.0 Å². The van der Waals surface area contributed by atoms with Gasteiger partial charge in [0.15, 0.2) is 0 Å². The molecule has 0 bridgehead atoms. The first-order chi connectivity index (χ1) is 11.2. The van der Waals surface area contributed by atoms with Crippen molar-refractivity contribution >= 4 is 11.7 Å². The number of benzene rings is 2. The molecule has 4 nitrogen and oxygen atoms in total. The number of carbonyl (C=O) groups excluding carboxylic acids is 1. The van der Waals surface area contributed by atoms with E-state index in [1.54, 1.807) is 0 Å². The molecule has 2 aromatic carbocycles. The van der Waals surface area contributed by atoms with E-state index in [1.165, 1.54) is 12.7 Å². The van der Waals surface area contributed by atoms with E-state index >= 15 is 0 Å². The number of esters is 1. The summed E-state index contributed by atoms with van der Waals surface area (Å²) in [5, 5.41) is 9.78. The van der Waals surface area contributed by atoms with Crippen molar-refractivity contribution in [3.63, 3.8) is 0 Å². The van der Waals surface area contributed by atoms with Gasteiger partial charge in [-0.2, -0.15) is 0 Å². The number of anilines is 1. The lowest BCUT2D eigenvalue weighted by molar-refractivity contribution is -0.144. The smallest absolute Gasteiger partial charge is 0.313 e. The van der Waals surface area contributed by atoms with Crippen LogP contribution in [0.3, 0.4) is 0 Å². The molecule has 0 saturated carbocycles. The maximum absolute atomic E-state index is 12.2. The number of fused-ring (bicyclic) bond motifs is 1. The normalized spacial score (nSPS) is 20.0. The fraction of sp³-hybridized carbons (Fsp3) is 0.316. The number of methoxy groups -OCH3 is 1. The van der Waals surface area contributed by atoms with Crippen molar-refractivity contribution in [2.24, 2.45) is 5.92 Å². The van der Waals surface area contributed by atoms with Gasteiger partial charge >= 0.3 is 5.97 Å².